The topological polar surface area (TPSA) is 343 Å². The first-order valence-electron chi connectivity index (χ1n) is 31.6. The van der Waals surface area contributed by atoms with Crippen LogP contribution in [0.4, 0.5) is 23.2 Å². The molecule has 0 unspecified atom stereocenters. The molecule has 0 saturated heterocycles. The number of carbonyl (C=O) groups excluding carboxylic acids is 9. The maximum absolute atomic E-state index is 14.1. The number of hydrogen-bond acceptors (Lipinski definition) is 24. The number of esters is 3. The molecule has 29 nitrogen and oxygen atoms in total. The number of halogens is 4. The maximum atomic E-state index is 14.1. The standard InChI is InChI=1S/C64H93F4N5O24/c1-63(2,3)96-57(80)14-10-50(62(82)97-64(4,5)6)72-51(74)15-17-83-19-21-85-23-25-87-27-29-89-31-33-91-35-37-93-39-40-94-38-36-92-34-32-90-30-28-88-26-24-86-22-20-84-18-16-69-52(75)43-70-53(76)44-71-61(81)47-41-46(73-54(77)11-12-55(73)78)9-7-45(47)8-13-56(79)95-60-58(67)48(65)42-49(66)59(60)68/h7,9,11-12,41-42,50H,8,10,13-40,43-44H2,1-6H3,(H,69,75)(H,70,76)(H,71,81)(H,72,74)/t50-/m0/s1. The average molecular weight is 1390 g/mol. The second-order valence-electron chi connectivity index (χ2n) is 22.6. The Bertz CT molecular complexity index is 2740. The largest absolute Gasteiger partial charge is 0.460 e. The number of amides is 6. The number of imide groups is 1. The van der Waals surface area contributed by atoms with E-state index in [0.717, 1.165) is 23.1 Å². The Balaban J connectivity index is 1.04. The lowest BCUT2D eigenvalue weighted by Crippen LogP contribution is -2.44. The highest BCUT2D eigenvalue weighted by molar-refractivity contribution is 6.28. The molecule has 2 aromatic carbocycles. The van der Waals surface area contributed by atoms with Crippen LogP contribution < -0.4 is 30.9 Å². The molecule has 0 radical (unpaired) electrons. The number of anilines is 1. The van der Waals surface area contributed by atoms with Crippen molar-refractivity contribution in [3.8, 4) is 5.75 Å². The summed E-state index contributed by atoms with van der Waals surface area (Å²) in [5.74, 6) is -15.6. The minimum absolute atomic E-state index is 0.00499. The molecule has 0 bridgehead atoms. The number of carbonyl (C=O) groups is 9. The van der Waals surface area contributed by atoms with Gasteiger partial charge in [-0.15, -0.1) is 0 Å². The monoisotopic (exact) mass is 1390 g/mol. The van der Waals surface area contributed by atoms with Crippen LogP contribution in [0.25, 0.3) is 0 Å². The van der Waals surface area contributed by atoms with E-state index in [9.17, 15) is 60.7 Å². The van der Waals surface area contributed by atoms with E-state index in [2.05, 4.69) is 26.0 Å². The molecular weight excluding hydrogens is 1300 g/mol. The molecule has 1 aliphatic rings. The Morgan fingerprint density at radius 3 is 1.29 bits per heavy atom. The first-order chi connectivity index (χ1) is 46.3. The average Bonchev–Trinajstić information content (AvgIpc) is 1.80. The molecule has 0 spiro atoms. The minimum Gasteiger partial charge on any atom is -0.460 e. The van der Waals surface area contributed by atoms with Gasteiger partial charge in [-0.1, -0.05) is 6.07 Å². The first kappa shape index (κ1) is 84.1. The van der Waals surface area contributed by atoms with Gasteiger partial charge < -0.3 is 92.3 Å². The Morgan fingerprint density at radius 2 is 0.856 bits per heavy atom. The Hall–Kier alpha value is -7.15. The summed E-state index contributed by atoms with van der Waals surface area (Å²) in [6.45, 7) is 17.7. The summed E-state index contributed by atoms with van der Waals surface area (Å²) in [7, 11) is 0. The van der Waals surface area contributed by atoms with E-state index in [1.807, 2.05) is 0 Å². The molecule has 97 heavy (non-hydrogen) atoms. The minimum atomic E-state index is -1.94. The van der Waals surface area contributed by atoms with Crippen molar-refractivity contribution in [1.29, 1.82) is 0 Å². The summed E-state index contributed by atoms with van der Waals surface area (Å²) in [6, 6.07) is 2.61. The second kappa shape index (κ2) is 48.5. The summed E-state index contributed by atoms with van der Waals surface area (Å²) >= 11 is 0. The van der Waals surface area contributed by atoms with Crippen molar-refractivity contribution < 1.29 is 132 Å². The smallest absolute Gasteiger partial charge is 0.329 e. The Labute approximate surface area is 561 Å². The number of ether oxygens (including phenoxy) is 15. The number of aryl methyl sites for hydroxylation is 1. The van der Waals surface area contributed by atoms with Gasteiger partial charge in [-0.25, -0.2) is 18.5 Å². The van der Waals surface area contributed by atoms with Gasteiger partial charge in [0.1, 0.15) is 17.2 Å². The van der Waals surface area contributed by atoms with Crippen molar-refractivity contribution in [2.75, 3.05) is 183 Å². The molecule has 0 aliphatic carbocycles. The summed E-state index contributed by atoms with van der Waals surface area (Å²) in [5, 5.41) is 9.85. The van der Waals surface area contributed by atoms with Gasteiger partial charge in [0.15, 0.2) is 11.6 Å². The second-order valence-corrected chi connectivity index (χ2v) is 22.6. The van der Waals surface area contributed by atoms with E-state index in [0.29, 0.717) is 126 Å². The summed E-state index contributed by atoms with van der Waals surface area (Å²) in [5.41, 5.74) is -1.64. The lowest BCUT2D eigenvalue weighted by molar-refractivity contribution is -0.160. The molecular formula is C64H93F4N5O24. The predicted molar refractivity (Wildman–Crippen MR) is 334 cm³/mol. The molecule has 33 heteroatoms. The van der Waals surface area contributed by atoms with E-state index in [1.54, 1.807) is 41.5 Å². The van der Waals surface area contributed by atoms with E-state index in [-0.39, 0.29) is 88.1 Å². The van der Waals surface area contributed by atoms with Crippen LogP contribution in [0.15, 0.2) is 36.4 Å². The number of rotatable bonds is 54. The Kier molecular flexibility index (Phi) is 42.1. The molecule has 6 amide bonds. The van der Waals surface area contributed by atoms with Gasteiger partial charge >= 0.3 is 17.9 Å². The van der Waals surface area contributed by atoms with Gasteiger partial charge in [0.05, 0.1) is 184 Å². The van der Waals surface area contributed by atoms with Crippen LogP contribution in [-0.4, -0.2) is 249 Å². The summed E-state index contributed by atoms with van der Waals surface area (Å²) in [6.07, 6.45) is 0.946. The predicted octanol–water partition coefficient (Wildman–Crippen LogP) is 2.71. The summed E-state index contributed by atoms with van der Waals surface area (Å²) in [4.78, 5) is 113. The van der Waals surface area contributed by atoms with E-state index < -0.39 is 119 Å². The van der Waals surface area contributed by atoms with Crippen LogP contribution in [0, 0.1) is 23.3 Å². The van der Waals surface area contributed by atoms with Gasteiger partial charge in [-0.2, -0.15) is 8.78 Å². The molecule has 2 aromatic rings. The number of nitrogens with one attached hydrogen (secondary N) is 4. The third-order valence-electron chi connectivity index (χ3n) is 12.4. The zero-order valence-corrected chi connectivity index (χ0v) is 55.9. The fourth-order valence-electron chi connectivity index (χ4n) is 7.88. The first-order valence-corrected chi connectivity index (χ1v) is 31.6. The van der Waals surface area contributed by atoms with Gasteiger partial charge in [0.2, 0.25) is 35.1 Å². The molecule has 0 aromatic heterocycles. The van der Waals surface area contributed by atoms with Crippen molar-refractivity contribution in [3.05, 3.63) is 70.8 Å². The fraction of sp³-hybridized carbons (Fsp3) is 0.641. The molecule has 4 N–H and O–H groups in total. The van der Waals surface area contributed by atoms with Crippen LogP contribution in [0.3, 0.4) is 0 Å². The SMILES string of the molecule is CC(C)(C)OC(=O)CC[C@H](NC(=O)CCOCCOCCOCCOCCOCCOCCOCCOCCOCCOCCOCCOCCNC(=O)CNC(=O)CNC(=O)c1cc(N2C(=O)C=CC2=O)ccc1CCC(=O)Oc1c(F)c(F)cc(F)c1F)C(=O)OC(C)(C)C. The molecule has 0 saturated carbocycles. The highest BCUT2D eigenvalue weighted by Gasteiger charge is 2.30. The van der Waals surface area contributed by atoms with Crippen LogP contribution in [0.5, 0.6) is 5.75 Å². The van der Waals surface area contributed by atoms with Crippen LogP contribution in [-0.2, 0) is 111 Å². The van der Waals surface area contributed by atoms with Crippen LogP contribution >= 0.6 is 0 Å². The van der Waals surface area contributed by atoms with Crippen molar-refractivity contribution in [1.82, 2.24) is 21.3 Å². The van der Waals surface area contributed by atoms with Crippen molar-refractivity contribution in [3.63, 3.8) is 0 Å². The van der Waals surface area contributed by atoms with Gasteiger partial charge in [-0.3, -0.25) is 38.4 Å². The molecule has 1 atom stereocenters. The molecule has 0 fully saturated rings. The van der Waals surface area contributed by atoms with Crippen LogP contribution in [0.2, 0.25) is 0 Å². The lowest BCUT2D eigenvalue weighted by atomic mass is 10.0. The number of nitrogens with zero attached hydrogens (tertiary/aromatic N) is 1. The highest BCUT2D eigenvalue weighted by atomic mass is 19.2. The molecule has 1 aliphatic heterocycles. The van der Waals surface area contributed by atoms with Gasteiger partial charge in [0.25, 0.3) is 17.7 Å². The Morgan fingerprint density at radius 1 is 0.454 bits per heavy atom. The van der Waals surface area contributed by atoms with E-state index in [1.165, 1.54) is 12.1 Å². The normalized spacial score (nSPS) is 12.6. The fourth-order valence-corrected chi connectivity index (χ4v) is 7.88. The van der Waals surface area contributed by atoms with Gasteiger partial charge in [-0.05, 0) is 72.1 Å². The quantitative estimate of drug-likeness (QED) is 0.0185. The molecule has 3 rings (SSSR count). The highest BCUT2D eigenvalue weighted by Crippen LogP contribution is 2.28. The maximum Gasteiger partial charge on any atom is 0.329 e. The number of hydrogen-bond donors (Lipinski definition) is 4. The third-order valence-corrected chi connectivity index (χ3v) is 12.4. The summed E-state index contributed by atoms with van der Waals surface area (Å²) < 4.78 is 136. The number of benzene rings is 2. The zero-order chi connectivity index (χ0) is 71.3. The van der Waals surface area contributed by atoms with Gasteiger partial charge in [0, 0.05) is 43.2 Å². The van der Waals surface area contributed by atoms with Crippen molar-refractivity contribution in [2.45, 2.75) is 90.9 Å². The third kappa shape index (κ3) is 39.1. The zero-order valence-electron chi connectivity index (χ0n) is 55.9. The molecule has 546 valence electrons. The van der Waals surface area contributed by atoms with Crippen molar-refractivity contribution in [2.24, 2.45) is 0 Å². The molecule has 1 heterocycles. The van der Waals surface area contributed by atoms with Crippen molar-refractivity contribution >= 4 is 59.0 Å². The van der Waals surface area contributed by atoms with Crippen LogP contribution in [0.1, 0.15) is 83.1 Å². The lowest BCUT2D eigenvalue weighted by Gasteiger charge is -2.25. The van der Waals surface area contributed by atoms with E-state index >= 15 is 0 Å². The van der Waals surface area contributed by atoms with E-state index in [4.69, 9.17) is 66.3 Å².